The van der Waals surface area contributed by atoms with E-state index in [1.54, 1.807) is 18.3 Å². The number of rotatable bonds is 3. The van der Waals surface area contributed by atoms with Crippen LogP contribution in [-0.4, -0.2) is 28.2 Å². The number of hydrogen-bond donors (Lipinski definition) is 1. The molecule has 0 saturated carbocycles. The summed E-state index contributed by atoms with van der Waals surface area (Å²) in [5, 5.41) is 4.57. The molecule has 0 spiro atoms. The number of fused-ring (bicyclic) bond motifs is 2. The Morgan fingerprint density at radius 2 is 1.87 bits per heavy atom. The first-order valence-corrected chi connectivity index (χ1v) is 11.5. The smallest absolute Gasteiger partial charge is 0.256 e. The van der Waals surface area contributed by atoms with Gasteiger partial charge in [-0.15, -0.1) is 22.7 Å². The van der Waals surface area contributed by atoms with Crippen LogP contribution < -0.4 is 5.32 Å². The molecule has 1 aliphatic rings. The van der Waals surface area contributed by atoms with Crippen molar-refractivity contribution >= 4 is 49.7 Å². The average molecular weight is 452 g/mol. The van der Waals surface area contributed by atoms with Gasteiger partial charge in [0, 0.05) is 29.5 Å². The Hall–Kier alpha value is -3.10. The van der Waals surface area contributed by atoms with Gasteiger partial charge in [0.25, 0.3) is 5.91 Å². The molecule has 8 heteroatoms. The van der Waals surface area contributed by atoms with E-state index in [2.05, 4.69) is 5.32 Å². The maximum Gasteiger partial charge on any atom is 0.256 e. The number of nitrogens with zero attached hydrogens (tertiary/aromatic N) is 2. The lowest BCUT2D eigenvalue weighted by Gasteiger charge is -2.26. The molecule has 2 amide bonds. The van der Waals surface area contributed by atoms with Crippen molar-refractivity contribution in [1.29, 1.82) is 0 Å². The highest BCUT2D eigenvalue weighted by Crippen LogP contribution is 2.45. The molecule has 2 aromatic heterocycles. The number of nitrogens with one attached hydrogen (secondary N) is 1. The molecule has 0 radical (unpaired) electrons. The van der Waals surface area contributed by atoms with E-state index < -0.39 is 0 Å². The summed E-state index contributed by atoms with van der Waals surface area (Å²) in [6.45, 7) is 2.74. The molecule has 0 atom stereocenters. The molecule has 0 fully saturated rings. The molecule has 0 unspecified atom stereocenters. The van der Waals surface area contributed by atoms with E-state index in [0.717, 1.165) is 31.2 Å². The molecule has 156 valence electrons. The molecule has 3 heterocycles. The van der Waals surface area contributed by atoms with Crippen molar-refractivity contribution in [2.75, 3.05) is 11.9 Å². The predicted octanol–water partition coefficient (Wildman–Crippen LogP) is 5.32. The molecular weight excluding hydrogens is 433 g/mol. The Morgan fingerprint density at radius 3 is 2.61 bits per heavy atom. The van der Waals surface area contributed by atoms with Crippen LogP contribution in [0.1, 0.15) is 27.7 Å². The van der Waals surface area contributed by atoms with Crippen LogP contribution in [-0.2, 0) is 17.8 Å². The van der Waals surface area contributed by atoms with Crippen LogP contribution in [0.3, 0.4) is 0 Å². The van der Waals surface area contributed by atoms with E-state index in [-0.39, 0.29) is 17.6 Å². The van der Waals surface area contributed by atoms with Crippen molar-refractivity contribution in [3.63, 3.8) is 0 Å². The lowest BCUT2D eigenvalue weighted by Crippen LogP contribution is -2.33. The maximum atomic E-state index is 13.3. The minimum Gasteiger partial charge on any atom is -0.337 e. The van der Waals surface area contributed by atoms with E-state index in [1.165, 1.54) is 35.6 Å². The fourth-order valence-electron chi connectivity index (χ4n) is 3.74. The summed E-state index contributed by atoms with van der Waals surface area (Å²) in [7, 11) is 0. The number of thiophene rings is 1. The second-order valence-corrected chi connectivity index (χ2v) is 9.48. The summed E-state index contributed by atoms with van der Waals surface area (Å²) < 4.78 is 14.3. The Morgan fingerprint density at radius 1 is 1.10 bits per heavy atom. The third-order valence-corrected chi connectivity index (χ3v) is 7.53. The van der Waals surface area contributed by atoms with Crippen molar-refractivity contribution in [1.82, 2.24) is 9.88 Å². The van der Waals surface area contributed by atoms with E-state index >= 15 is 0 Å². The average Bonchev–Trinajstić information content (AvgIpc) is 3.33. The third-order valence-electron chi connectivity index (χ3n) is 5.34. The Labute approximate surface area is 186 Å². The lowest BCUT2D eigenvalue weighted by atomic mass is 10.0. The van der Waals surface area contributed by atoms with E-state index in [9.17, 15) is 14.0 Å². The standard InChI is InChI=1S/C23H18FN3O2S2/c1-13(28)27-11-10-16-19(12-27)31-23(26-21(29)14-6-8-15(24)9-7-14)20(16)22-25-17-4-2-3-5-18(17)30-22/h2-9H,10-12H2,1H3,(H,26,29). The quantitative estimate of drug-likeness (QED) is 0.459. The van der Waals surface area contributed by atoms with Crippen molar-refractivity contribution in [3.8, 4) is 10.6 Å². The zero-order valence-electron chi connectivity index (χ0n) is 16.6. The molecule has 0 bridgehead atoms. The summed E-state index contributed by atoms with van der Waals surface area (Å²) >= 11 is 3.07. The number of halogens is 1. The molecule has 5 nitrogen and oxygen atoms in total. The molecule has 31 heavy (non-hydrogen) atoms. The largest absolute Gasteiger partial charge is 0.337 e. The second-order valence-electron chi connectivity index (χ2n) is 7.35. The summed E-state index contributed by atoms with van der Waals surface area (Å²) in [6.07, 6.45) is 0.711. The number of thiazole rings is 1. The van der Waals surface area contributed by atoms with E-state index in [1.807, 2.05) is 29.2 Å². The van der Waals surface area contributed by atoms with Crippen molar-refractivity contribution < 1.29 is 14.0 Å². The number of para-hydroxylation sites is 1. The van der Waals surface area contributed by atoms with Crippen LogP contribution in [0.4, 0.5) is 9.39 Å². The lowest BCUT2D eigenvalue weighted by molar-refractivity contribution is -0.129. The van der Waals surface area contributed by atoms with Gasteiger partial charge in [-0.05, 0) is 48.4 Å². The maximum absolute atomic E-state index is 13.3. The monoisotopic (exact) mass is 451 g/mol. The number of carbonyl (C=O) groups excluding carboxylic acids is 2. The number of benzene rings is 2. The summed E-state index contributed by atoms with van der Waals surface area (Å²) in [6, 6.07) is 13.4. The van der Waals surface area contributed by atoms with Gasteiger partial charge in [-0.2, -0.15) is 0 Å². The SMILES string of the molecule is CC(=O)N1CCc2c(sc(NC(=O)c3ccc(F)cc3)c2-c2nc3ccccc3s2)C1. The first-order valence-electron chi connectivity index (χ1n) is 9.82. The Balaban J connectivity index is 1.58. The highest BCUT2D eigenvalue weighted by molar-refractivity contribution is 7.23. The number of carbonyl (C=O) groups is 2. The number of hydrogen-bond acceptors (Lipinski definition) is 5. The number of amides is 2. The topological polar surface area (TPSA) is 62.3 Å². The summed E-state index contributed by atoms with van der Waals surface area (Å²) in [4.78, 5) is 32.4. The third kappa shape index (κ3) is 3.73. The minimum atomic E-state index is -0.386. The van der Waals surface area contributed by atoms with Gasteiger partial charge in [-0.3, -0.25) is 9.59 Å². The van der Waals surface area contributed by atoms with Crippen LogP contribution in [0.25, 0.3) is 20.8 Å². The Kier molecular flexibility index (Phi) is 5.03. The molecule has 0 saturated heterocycles. The first-order chi connectivity index (χ1) is 15.0. The zero-order chi connectivity index (χ0) is 21.5. The van der Waals surface area contributed by atoms with Crippen LogP contribution in [0, 0.1) is 5.82 Å². The molecule has 1 N–H and O–H groups in total. The van der Waals surface area contributed by atoms with Gasteiger partial charge in [0.15, 0.2) is 0 Å². The zero-order valence-corrected chi connectivity index (χ0v) is 18.3. The van der Waals surface area contributed by atoms with Gasteiger partial charge in [-0.1, -0.05) is 12.1 Å². The normalized spacial score (nSPS) is 13.3. The van der Waals surface area contributed by atoms with Crippen LogP contribution in [0.5, 0.6) is 0 Å². The molecule has 2 aromatic carbocycles. The molecule has 5 rings (SSSR count). The van der Waals surface area contributed by atoms with Crippen molar-refractivity contribution in [3.05, 3.63) is 70.4 Å². The van der Waals surface area contributed by atoms with Crippen molar-refractivity contribution in [2.45, 2.75) is 19.9 Å². The van der Waals surface area contributed by atoms with Gasteiger partial charge in [0.2, 0.25) is 5.91 Å². The van der Waals surface area contributed by atoms with Crippen molar-refractivity contribution in [2.24, 2.45) is 0 Å². The molecule has 1 aliphatic heterocycles. The summed E-state index contributed by atoms with van der Waals surface area (Å²) in [5.41, 5.74) is 3.36. The second kappa shape index (κ2) is 7.86. The predicted molar refractivity (Wildman–Crippen MR) is 122 cm³/mol. The van der Waals surface area contributed by atoms with E-state index in [4.69, 9.17) is 4.98 Å². The van der Waals surface area contributed by atoms with Gasteiger partial charge in [-0.25, -0.2) is 9.37 Å². The van der Waals surface area contributed by atoms with Gasteiger partial charge in [0.05, 0.1) is 16.8 Å². The van der Waals surface area contributed by atoms with Gasteiger partial charge in [0.1, 0.15) is 15.8 Å². The van der Waals surface area contributed by atoms with Gasteiger partial charge >= 0.3 is 0 Å². The highest BCUT2D eigenvalue weighted by Gasteiger charge is 2.28. The molecule has 4 aromatic rings. The number of aromatic nitrogens is 1. The molecular formula is C23H18FN3O2S2. The fraction of sp³-hybridized carbons (Fsp3) is 0.174. The van der Waals surface area contributed by atoms with Crippen LogP contribution in [0.2, 0.25) is 0 Å². The number of anilines is 1. The molecule has 0 aliphatic carbocycles. The fourth-order valence-corrected chi connectivity index (χ4v) is 6.11. The van der Waals surface area contributed by atoms with Gasteiger partial charge < -0.3 is 10.2 Å². The van der Waals surface area contributed by atoms with Crippen LogP contribution in [0.15, 0.2) is 48.5 Å². The first kappa shape index (κ1) is 19.8. The summed E-state index contributed by atoms with van der Waals surface area (Å²) in [5.74, 6) is -0.649. The Bertz CT molecular complexity index is 1280. The van der Waals surface area contributed by atoms with Crippen LogP contribution >= 0.6 is 22.7 Å². The minimum absolute atomic E-state index is 0.0393. The van der Waals surface area contributed by atoms with E-state index in [0.29, 0.717) is 30.1 Å². The highest BCUT2D eigenvalue weighted by atomic mass is 32.1.